The second kappa shape index (κ2) is 10.8. The molecule has 0 saturated carbocycles. The van der Waals surface area contributed by atoms with Crippen LogP contribution >= 0.6 is 11.6 Å². The summed E-state index contributed by atoms with van der Waals surface area (Å²) >= 11 is 5.60. The van der Waals surface area contributed by atoms with E-state index in [1.807, 2.05) is 6.92 Å². The van der Waals surface area contributed by atoms with E-state index < -0.39 is 29.8 Å². The van der Waals surface area contributed by atoms with Gasteiger partial charge in [0.2, 0.25) is 5.91 Å². The zero-order chi connectivity index (χ0) is 21.4. The van der Waals surface area contributed by atoms with E-state index in [1.54, 1.807) is 0 Å². The number of ether oxygens (including phenoxy) is 2. The number of piperidine rings is 1. The van der Waals surface area contributed by atoms with Crippen LogP contribution in [0.1, 0.15) is 32.6 Å². The van der Waals surface area contributed by atoms with E-state index in [2.05, 4.69) is 5.32 Å². The molecule has 0 aromatic heterocycles. The second-order valence-electron chi connectivity index (χ2n) is 6.74. The minimum Gasteiger partial charge on any atom is -0.484 e. The molecule has 3 N–H and O–H groups in total. The summed E-state index contributed by atoms with van der Waals surface area (Å²) in [4.78, 5) is 37.4. The van der Waals surface area contributed by atoms with Gasteiger partial charge in [-0.1, -0.05) is 24.9 Å². The standard InChI is InChI=1S/C19H25ClFN3O5/c1-2-3-8-28-19(27)24-10-12(4-7-16(24)18(22)26)23-17(25)11-29-13-5-6-14(20)15(21)9-13/h5-6,9,12,16H,2-4,7-8,10-11H2,1H3,(H2,22,26)(H,23,25)/t12-,16+/m0/s1. The molecule has 0 unspecified atom stereocenters. The molecular weight excluding hydrogens is 405 g/mol. The van der Waals surface area contributed by atoms with Crippen molar-refractivity contribution >= 4 is 29.5 Å². The van der Waals surface area contributed by atoms with Crippen LogP contribution in [0.2, 0.25) is 5.02 Å². The second-order valence-corrected chi connectivity index (χ2v) is 7.15. The molecule has 160 valence electrons. The number of nitrogens with two attached hydrogens (primary N) is 1. The van der Waals surface area contributed by atoms with Crippen molar-refractivity contribution in [3.63, 3.8) is 0 Å². The Hall–Kier alpha value is -2.55. The van der Waals surface area contributed by atoms with Crippen LogP contribution in [0.3, 0.4) is 0 Å². The molecule has 2 atom stereocenters. The van der Waals surface area contributed by atoms with Crippen molar-refractivity contribution in [1.82, 2.24) is 10.2 Å². The summed E-state index contributed by atoms with van der Waals surface area (Å²) in [5.74, 6) is -1.54. The fourth-order valence-electron chi connectivity index (χ4n) is 2.96. The van der Waals surface area contributed by atoms with Crippen LogP contribution in [0, 0.1) is 5.82 Å². The Morgan fingerprint density at radius 3 is 2.76 bits per heavy atom. The number of halogens is 2. The van der Waals surface area contributed by atoms with Crippen molar-refractivity contribution < 1.29 is 28.2 Å². The van der Waals surface area contributed by atoms with Crippen LogP contribution in [0.15, 0.2) is 18.2 Å². The normalized spacial score (nSPS) is 18.8. The van der Waals surface area contributed by atoms with Crippen LogP contribution in [-0.4, -0.2) is 54.6 Å². The maximum Gasteiger partial charge on any atom is 0.410 e. The molecule has 1 aliphatic rings. The summed E-state index contributed by atoms with van der Waals surface area (Å²) in [5, 5.41) is 2.70. The summed E-state index contributed by atoms with van der Waals surface area (Å²) < 4.78 is 23.8. The van der Waals surface area contributed by atoms with Crippen molar-refractivity contribution in [2.45, 2.75) is 44.7 Å². The molecule has 3 amide bonds. The molecule has 29 heavy (non-hydrogen) atoms. The van der Waals surface area contributed by atoms with Crippen molar-refractivity contribution in [1.29, 1.82) is 0 Å². The lowest BCUT2D eigenvalue weighted by Crippen LogP contribution is -2.58. The fraction of sp³-hybridized carbons (Fsp3) is 0.526. The van der Waals surface area contributed by atoms with E-state index in [9.17, 15) is 18.8 Å². The van der Waals surface area contributed by atoms with E-state index in [0.29, 0.717) is 19.3 Å². The van der Waals surface area contributed by atoms with Gasteiger partial charge in [-0.05, 0) is 31.4 Å². The van der Waals surface area contributed by atoms with Gasteiger partial charge in [-0.2, -0.15) is 0 Å². The minimum absolute atomic E-state index is 0.0427. The highest BCUT2D eigenvalue weighted by Gasteiger charge is 2.36. The number of rotatable bonds is 8. The highest BCUT2D eigenvalue weighted by atomic mass is 35.5. The van der Waals surface area contributed by atoms with Crippen molar-refractivity contribution in [3.8, 4) is 5.75 Å². The van der Waals surface area contributed by atoms with Gasteiger partial charge >= 0.3 is 6.09 Å². The molecule has 0 radical (unpaired) electrons. The Morgan fingerprint density at radius 1 is 1.34 bits per heavy atom. The number of primary amides is 1. The first kappa shape index (κ1) is 22.7. The average Bonchev–Trinajstić information content (AvgIpc) is 2.68. The van der Waals surface area contributed by atoms with E-state index in [4.69, 9.17) is 26.8 Å². The molecule has 8 nitrogen and oxygen atoms in total. The molecule has 1 saturated heterocycles. The van der Waals surface area contributed by atoms with Gasteiger partial charge in [0, 0.05) is 18.7 Å². The summed E-state index contributed by atoms with van der Waals surface area (Å²) in [6, 6.07) is 2.71. The zero-order valence-electron chi connectivity index (χ0n) is 16.2. The highest BCUT2D eigenvalue weighted by Crippen LogP contribution is 2.21. The molecule has 1 heterocycles. The Kier molecular flexibility index (Phi) is 8.50. The molecule has 1 aromatic carbocycles. The number of unbranched alkanes of at least 4 members (excludes halogenated alkanes) is 1. The topological polar surface area (TPSA) is 111 Å². The molecular formula is C19H25ClFN3O5. The monoisotopic (exact) mass is 429 g/mol. The molecule has 10 heteroatoms. The Morgan fingerprint density at radius 2 is 2.10 bits per heavy atom. The smallest absolute Gasteiger partial charge is 0.410 e. The first-order valence-corrected chi connectivity index (χ1v) is 9.79. The predicted molar refractivity (Wildman–Crippen MR) is 104 cm³/mol. The number of hydrogen-bond donors (Lipinski definition) is 2. The molecule has 0 aliphatic carbocycles. The highest BCUT2D eigenvalue weighted by molar-refractivity contribution is 6.30. The zero-order valence-corrected chi connectivity index (χ0v) is 16.9. The minimum atomic E-state index is -0.773. The number of carbonyl (C=O) groups excluding carboxylic acids is 3. The van der Waals surface area contributed by atoms with Crippen molar-refractivity contribution in [3.05, 3.63) is 29.0 Å². The van der Waals surface area contributed by atoms with Crippen LogP contribution in [0.4, 0.5) is 9.18 Å². The van der Waals surface area contributed by atoms with Gasteiger partial charge in [-0.15, -0.1) is 0 Å². The average molecular weight is 430 g/mol. The third-order valence-corrected chi connectivity index (χ3v) is 4.80. The van der Waals surface area contributed by atoms with Gasteiger partial charge in [0.25, 0.3) is 5.91 Å². The van der Waals surface area contributed by atoms with E-state index in [-0.39, 0.29) is 36.6 Å². The number of benzene rings is 1. The number of nitrogens with zero attached hydrogens (tertiary/aromatic N) is 1. The van der Waals surface area contributed by atoms with Gasteiger partial charge in [0.15, 0.2) is 6.61 Å². The van der Waals surface area contributed by atoms with Crippen LogP contribution in [0.5, 0.6) is 5.75 Å². The van der Waals surface area contributed by atoms with E-state index >= 15 is 0 Å². The maximum atomic E-state index is 13.4. The van der Waals surface area contributed by atoms with Gasteiger partial charge < -0.3 is 20.5 Å². The van der Waals surface area contributed by atoms with Gasteiger partial charge in [0.1, 0.15) is 17.6 Å². The van der Waals surface area contributed by atoms with E-state index in [0.717, 1.165) is 12.5 Å². The van der Waals surface area contributed by atoms with Gasteiger partial charge in [-0.25, -0.2) is 9.18 Å². The quantitative estimate of drug-likeness (QED) is 0.615. The lowest BCUT2D eigenvalue weighted by molar-refractivity contribution is -0.125. The van der Waals surface area contributed by atoms with Crippen molar-refractivity contribution in [2.24, 2.45) is 5.73 Å². The number of hydrogen-bond acceptors (Lipinski definition) is 5. The lowest BCUT2D eigenvalue weighted by Gasteiger charge is -2.37. The first-order chi connectivity index (χ1) is 13.8. The van der Waals surface area contributed by atoms with Crippen molar-refractivity contribution in [2.75, 3.05) is 19.8 Å². The SMILES string of the molecule is CCCCOC(=O)N1C[C@@H](NC(=O)COc2ccc(Cl)c(F)c2)CC[C@@H]1C(N)=O. The largest absolute Gasteiger partial charge is 0.484 e. The fourth-order valence-corrected chi connectivity index (χ4v) is 3.08. The third kappa shape index (κ3) is 6.77. The number of likely N-dealkylation sites (tertiary alicyclic amines) is 1. The lowest BCUT2D eigenvalue weighted by atomic mass is 9.98. The molecule has 1 aliphatic heterocycles. The Balaban J connectivity index is 1.89. The molecule has 0 bridgehead atoms. The van der Waals surface area contributed by atoms with Gasteiger partial charge in [0.05, 0.1) is 11.6 Å². The van der Waals surface area contributed by atoms with Gasteiger partial charge in [-0.3, -0.25) is 14.5 Å². The van der Waals surface area contributed by atoms with Crippen LogP contribution in [0.25, 0.3) is 0 Å². The third-order valence-electron chi connectivity index (χ3n) is 4.49. The maximum absolute atomic E-state index is 13.4. The van der Waals surface area contributed by atoms with Crippen LogP contribution in [-0.2, 0) is 14.3 Å². The molecule has 0 spiro atoms. The molecule has 2 rings (SSSR count). The number of amides is 3. The molecule has 1 aromatic rings. The van der Waals surface area contributed by atoms with Crippen LogP contribution < -0.4 is 15.8 Å². The Bertz CT molecular complexity index is 749. The number of nitrogens with one attached hydrogen (secondary N) is 1. The summed E-state index contributed by atoms with van der Waals surface area (Å²) in [6.45, 7) is 1.98. The Labute approximate surface area is 173 Å². The molecule has 1 fully saturated rings. The summed E-state index contributed by atoms with van der Waals surface area (Å²) in [7, 11) is 0. The predicted octanol–water partition coefficient (Wildman–Crippen LogP) is 2.23. The summed E-state index contributed by atoms with van der Waals surface area (Å²) in [6.07, 6.45) is 1.72. The van der Waals surface area contributed by atoms with E-state index in [1.165, 1.54) is 17.0 Å². The first-order valence-electron chi connectivity index (χ1n) is 9.41. The summed E-state index contributed by atoms with van der Waals surface area (Å²) in [5.41, 5.74) is 5.40. The number of carbonyl (C=O) groups is 3.